The second-order valence-electron chi connectivity index (χ2n) is 8.91. The second kappa shape index (κ2) is 9.56. The van der Waals surface area contributed by atoms with E-state index in [2.05, 4.69) is 42.3 Å². The zero-order valence-corrected chi connectivity index (χ0v) is 19.4. The average Bonchev–Trinajstić information content (AvgIpc) is 3.20. The van der Waals surface area contributed by atoms with Crippen LogP contribution in [0.4, 0.5) is 5.69 Å². The van der Waals surface area contributed by atoms with Crippen LogP contribution < -0.4 is 10.1 Å². The Morgan fingerprint density at radius 3 is 2.59 bits per heavy atom. The molecule has 166 valence electrons. The van der Waals surface area contributed by atoms with Gasteiger partial charge in [0.2, 0.25) is 5.91 Å². The molecule has 1 aliphatic carbocycles. The summed E-state index contributed by atoms with van der Waals surface area (Å²) in [6.07, 6.45) is 2.84. The van der Waals surface area contributed by atoms with Crippen molar-refractivity contribution in [1.82, 2.24) is 4.98 Å². The van der Waals surface area contributed by atoms with Crippen molar-refractivity contribution < 1.29 is 9.53 Å². The van der Waals surface area contributed by atoms with Crippen LogP contribution in [0.1, 0.15) is 49.4 Å². The molecule has 2 aromatic carbocycles. The van der Waals surface area contributed by atoms with E-state index in [9.17, 15) is 4.79 Å². The summed E-state index contributed by atoms with van der Waals surface area (Å²) >= 11 is 0. The van der Waals surface area contributed by atoms with Crippen molar-refractivity contribution in [1.29, 1.82) is 0 Å². The molecule has 1 N–H and O–H groups in total. The van der Waals surface area contributed by atoms with Gasteiger partial charge in [0, 0.05) is 22.9 Å². The van der Waals surface area contributed by atoms with Gasteiger partial charge in [-0.15, -0.1) is 0 Å². The number of hydrogen-bond acceptors (Lipinski definition) is 3. The summed E-state index contributed by atoms with van der Waals surface area (Å²) in [6.45, 7) is 6.31. The summed E-state index contributed by atoms with van der Waals surface area (Å²) < 4.78 is 5.48. The van der Waals surface area contributed by atoms with E-state index >= 15 is 0 Å². The van der Waals surface area contributed by atoms with Crippen LogP contribution in [0.5, 0.6) is 5.75 Å². The third-order valence-electron chi connectivity index (χ3n) is 6.67. The smallest absolute Gasteiger partial charge is 0.227 e. The van der Waals surface area contributed by atoms with Crippen molar-refractivity contribution in [2.45, 2.75) is 46.0 Å². The van der Waals surface area contributed by atoms with Crippen molar-refractivity contribution in [2.75, 3.05) is 12.4 Å². The minimum atomic E-state index is 0.000764. The summed E-state index contributed by atoms with van der Waals surface area (Å²) in [7, 11) is 1.72. The van der Waals surface area contributed by atoms with E-state index in [4.69, 9.17) is 4.74 Å². The third kappa shape index (κ3) is 4.69. The molecule has 1 aromatic heterocycles. The van der Waals surface area contributed by atoms with Gasteiger partial charge in [-0.1, -0.05) is 56.3 Å². The number of hydrogen-bond donors (Lipinski definition) is 1. The van der Waals surface area contributed by atoms with Gasteiger partial charge in [0.25, 0.3) is 0 Å². The maximum Gasteiger partial charge on any atom is 0.227 e. The van der Waals surface area contributed by atoms with Crippen LogP contribution >= 0.6 is 0 Å². The van der Waals surface area contributed by atoms with Gasteiger partial charge in [-0.2, -0.15) is 0 Å². The predicted octanol–water partition coefficient (Wildman–Crippen LogP) is 6.40. The molecule has 0 aliphatic heterocycles. The molecular formula is C28H32N2O2. The Balaban J connectivity index is 1.49. The third-order valence-corrected chi connectivity index (χ3v) is 6.67. The number of nitrogens with zero attached hydrogens (tertiary/aromatic N) is 1. The Hall–Kier alpha value is -3.14. The van der Waals surface area contributed by atoms with Crippen LogP contribution in [0, 0.1) is 18.8 Å². The highest BCUT2D eigenvalue weighted by Gasteiger charge is 2.37. The Morgan fingerprint density at radius 2 is 1.88 bits per heavy atom. The van der Waals surface area contributed by atoms with Crippen molar-refractivity contribution >= 4 is 11.6 Å². The van der Waals surface area contributed by atoms with Crippen LogP contribution in [-0.4, -0.2) is 18.0 Å². The fraction of sp³-hybridized carbons (Fsp3) is 0.357. The molecule has 32 heavy (non-hydrogen) atoms. The molecule has 1 heterocycles. The Kier molecular flexibility index (Phi) is 6.59. The molecule has 0 saturated heterocycles. The molecule has 0 spiro atoms. The van der Waals surface area contributed by atoms with E-state index in [0.717, 1.165) is 47.7 Å². The maximum atomic E-state index is 13.2. The number of amides is 1. The zero-order chi connectivity index (χ0) is 22.7. The number of aromatic nitrogens is 1. The highest BCUT2D eigenvalue weighted by molar-refractivity contribution is 5.93. The highest BCUT2D eigenvalue weighted by atomic mass is 16.5. The fourth-order valence-electron chi connectivity index (χ4n) is 4.95. The fourth-order valence-corrected chi connectivity index (χ4v) is 4.95. The molecule has 1 aliphatic rings. The van der Waals surface area contributed by atoms with Gasteiger partial charge in [0.1, 0.15) is 5.75 Å². The van der Waals surface area contributed by atoms with E-state index < -0.39 is 0 Å². The number of pyridine rings is 1. The molecule has 4 rings (SSSR count). The lowest BCUT2D eigenvalue weighted by Gasteiger charge is -2.16. The van der Waals surface area contributed by atoms with Gasteiger partial charge in [-0.25, -0.2) is 0 Å². The predicted molar refractivity (Wildman–Crippen MR) is 130 cm³/mol. The molecule has 4 nitrogen and oxygen atoms in total. The van der Waals surface area contributed by atoms with Gasteiger partial charge in [-0.3, -0.25) is 9.78 Å². The van der Waals surface area contributed by atoms with Crippen molar-refractivity contribution in [3.63, 3.8) is 0 Å². The molecule has 1 amide bonds. The zero-order valence-electron chi connectivity index (χ0n) is 19.4. The largest absolute Gasteiger partial charge is 0.496 e. The van der Waals surface area contributed by atoms with Crippen LogP contribution in [0.2, 0.25) is 0 Å². The molecule has 0 radical (unpaired) electrons. The number of aryl methyl sites for hydroxylation is 2. The van der Waals surface area contributed by atoms with Crippen LogP contribution in [0.25, 0.3) is 11.3 Å². The lowest BCUT2D eigenvalue weighted by molar-refractivity contribution is -0.120. The first-order valence-corrected chi connectivity index (χ1v) is 11.5. The number of ether oxygens (including phenoxy) is 1. The number of carbonyl (C=O) groups excluding carboxylic acids is 1. The number of methoxy groups -OCH3 is 1. The van der Waals surface area contributed by atoms with E-state index in [1.54, 1.807) is 7.11 Å². The Morgan fingerprint density at radius 1 is 1.09 bits per heavy atom. The van der Waals surface area contributed by atoms with Gasteiger partial charge >= 0.3 is 0 Å². The number of carbonyl (C=O) groups is 1. The number of rotatable bonds is 6. The summed E-state index contributed by atoms with van der Waals surface area (Å²) in [4.78, 5) is 17.9. The molecule has 3 unspecified atom stereocenters. The topological polar surface area (TPSA) is 51.2 Å². The maximum absolute atomic E-state index is 13.2. The summed E-state index contributed by atoms with van der Waals surface area (Å²) in [6, 6.07) is 20.5. The summed E-state index contributed by atoms with van der Waals surface area (Å²) in [5, 5.41) is 3.18. The standard InChI is InChI=1S/C28H32N2O2/c1-5-20-15-22(11-12-27(20)32-4)23-13-18(2)25(16-23)28(31)30-24-14-19(3)29-26(17-24)21-9-7-6-8-10-21/h6-12,14-15,17-18,23,25H,5,13,16H2,1-4H3,(H,29,30,31). The lowest BCUT2D eigenvalue weighted by atomic mass is 9.93. The van der Waals surface area contributed by atoms with Gasteiger partial charge in [-0.05, 0) is 67.3 Å². The summed E-state index contributed by atoms with van der Waals surface area (Å²) in [5.74, 6) is 1.79. The first-order valence-electron chi connectivity index (χ1n) is 11.5. The molecule has 4 heteroatoms. The van der Waals surface area contributed by atoms with E-state index in [-0.39, 0.29) is 11.8 Å². The molecular weight excluding hydrogens is 396 g/mol. The van der Waals surface area contributed by atoms with Crippen LogP contribution in [0.15, 0.2) is 60.7 Å². The number of anilines is 1. The van der Waals surface area contributed by atoms with E-state index in [1.807, 2.05) is 49.4 Å². The number of benzene rings is 2. The first kappa shape index (κ1) is 22.1. The molecule has 0 bridgehead atoms. The van der Waals surface area contributed by atoms with Crippen molar-refractivity contribution in [3.05, 3.63) is 77.5 Å². The minimum Gasteiger partial charge on any atom is -0.496 e. The quantitative estimate of drug-likeness (QED) is 0.494. The van der Waals surface area contributed by atoms with Gasteiger partial charge in [0.05, 0.1) is 12.8 Å². The van der Waals surface area contributed by atoms with Gasteiger partial charge < -0.3 is 10.1 Å². The first-order chi connectivity index (χ1) is 15.5. The normalized spacial score (nSPS) is 20.2. The molecule has 3 aromatic rings. The SMILES string of the molecule is CCc1cc(C2CC(C)C(C(=O)Nc3cc(C)nc(-c4ccccc4)c3)C2)ccc1OC. The van der Waals surface area contributed by atoms with E-state index in [0.29, 0.717) is 11.8 Å². The molecule has 1 fully saturated rings. The monoisotopic (exact) mass is 428 g/mol. The van der Waals surface area contributed by atoms with Crippen LogP contribution in [-0.2, 0) is 11.2 Å². The average molecular weight is 429 g/mol. The minimum absolute atomic E-state index is 0.000764. The Labute approximate surface area is 191 Å². The van der Waals surface area contributed by atoms with E-state index in [1.165, 1.54) is 11.1 Å². The second-order valence-corrected chi connectivity index (χ2v) is 8.91. The van der Waals surface area contributed by atoms with Crippen molar-refractivity contribution in [2.24, 2.45) is 11.8 Å². The van der Waals surface area contributed by atoms with Crippen LogP contribution in [0.3, 0.4) is 0 Å². The molecule has 1 saturated carbocycles. The van der Waals surface area contributed by atoms with Crippen molar-refractivity contribution in [3.8, 4) is 17.0 Å². The highest BCUT2D eigenvalue weighted by Crippen LogP contribution is 2.43. The number of nitrogens with one attached hydrogen (secondary N) is 1. The Bertz CT molecular complexity index is 1090. The molecule has 3 atom stereocenters. The summed E-state index contributed by atoms with van der Waals surface area (Å²) in [5.41, 5.74) is 6.18. The van der Waals surface area contributed by atoms with Gasteiger partial charge in [0.15, 0.2) is 0 Å². The lowest BCUT2D eigenvalue weighted by Crippen LogP contribution is -2.24.